The second kappa shape index (κ2) is 6.15. The molecule has 0 aliphatic rings. The fraction of sp³-hybridized carbons (Fsp3) is 0.385. The lowest BCUT2D eigenvalue weighted by Gasteiger charge is -2.11. The fourth-order valence-electron chi connectivity index (χ4n) is 1.58. The summed E-state index contributed by atoms with van der Waals surface area (Å²) in [6, 6.07) is 4.69. The number of sulfone groups is 1. The summed E-state index contributed by atoms with van der Waals surface area (Å²) in [5.41, 5.74) is 6.02. The monoisotopic (exact) mass is 299 g/mol. The van der Waals surface area contributed by atoms with Crippen molar-refractivity contribution in [3.8, 4) is 0 Å². The molecule has 0 aliphatic heterocycles. The number of rotatable bonds is 6. The van der Waals surface area contributed by atoms with E-state index in [4.69, 9.17) is 10.8 Å². The molecule has 2 unspecified atom stereocenters. The molecule has 6 nitrogen and oxygen atoms in total. The number of hydrogen-bond donors (Lipinski definition) is 2. The van der Waals surface area contributed by atoms with E-state index in [9.17, 15) is 18.0 Å². The molecule has 0 aliphatic carbocycles. The van der Waals surface area contributed by atoms with Crippen molar-refractivity contribution < 1.29 is 23.1 Å². The first-order valence-electron chi connectivity index (χ1n) is 5.98. The lowest BCUT2D eigenvalue weighted by Crippen LogP contribution is -2.32. The second-order valence-electron chi connectivity index (χ2n) is 4.59. The van der Waals surface area contributed by atoms with Crippen molar-refractivity contribution in [3.63, 3.8) is 0 Å². The average Bonchev–Trinajstić information content (AvgIpc) is 2.38. The van der Waals surface area contributed by atoms with Gasteiger partial charge in [0.15, 0.2) is 9.84 Å². The molecule has 0 spiro atoms. The van der Waals surface area contributed by atoms with Crippen LogP contribution in [0.3, 0.4) is 0 Å². The number of ketones is 1. The van der Waals surface area contributed by atoms with Crippen LogP contribution in [0.4, 0.5) is 0 Å². The molecule has 0 bridgehead atoms. The summed E-state index contributed by atoms with van der Waals surface area (Å²) in [6.45, 7) is 2.56. The lowest BCUT2D eigenvalue weighted by atomic mass is 10.1. The fourth-order valence-corrected chi connectivity index (χ4v) is 2.94. The summed E-state index contributed by atoms with van der Waals surface area (Å²) in [5, 5.41) is 7.60. The number of carbonyl (C=O) groups excluding carboxylic acids is 1. The molecule has 0 saturated heterocycles. The van der Waals surface area contributed by atoms with Crippen LogP contribution in [0.25, 0.3) is 0 Å². The summed E-state index contributed by atoms with van der Waals surface area (Å²) in [6.07, 6.45) is 0.109. The molecule has 0 radical (unpaired) electrons. The SMILES string of the molecule is CC(=O)C(C)S(=O)(=O)c1ccc(CC(N)C(=O)O)cc1. The third-order valence-corrected chi connectivity index (χ3v) is 5.25. The lowest BCUT2D eigenvalue weighted by molar-refractivity contribution is -0.138. The number of carboxylic acids is 1. The van der Waals surface area contributed by atoms with Gasteiger partial charge in [0.2, 0.25) is 0 Å². The first-order chi connectivity index (χ1) is 9.16. The quantitative estimate of drug-likeness (QED) is 0.785. The van der Waals surface area contributed by atoms with Crippen molar-refractivity contribution >= 4 is 21.6 Å². The largest absolute Gasteiger partial charge is 0.480 e. The zero-order chi connectivity index (χ0) is 15.5. The van der Waals surface area contributed by atoms with E-state index in [-0.39, 0.29) is 11.3 Å². The molecule has 0 aromatic heterocycles. The molecule has 0 saturated carbocycles. The standard InChI is InChI=1S/C13H17NO5S/c1-8(15)9(2)20(18,19)11-5-3-10(4-6-11)7-12(14)13(16)17/h3-6,9,12H,7,14H2,1-2H3,(H,16,17). The Balaban J connectivity index is 2.97. The number of carbonyl (C=O) groups is 2. The van der Waals surface area contributed by atoms with Gasteiger partial charge in [0.05, 0.1) is 4.90 Å². The molecule has 3 N–H and O–H groups in total. The minimum atomic E-state index is -3.70. The highest BCUT2D eigenvalue weighted by Gasteiger charge is 2.26. The van der Waals surface area contributed by atoms with Crippen molar-refractivity contribution in [3.05, 3.63) is 29.8 Å². The Kier molecular flexibility index (Phi) is 5.02. The molecular weight excluding hydrogens is 282 g/mol. The first kappa shape index (κ1) is 16.3. The summed E-state index contributed by atoms with van der Waals surface area (Å²) in [4.78, 5) is 21.9. The van der Waals surface area contributed by atoms with Crippen LogP contribution in [0.2, 0.25) is 0 Å². The maximum atomic E-state index is 12.1. The van der Waals surface area contributed by atoms with E-state index in [1.165, 1.54) is 38.1 Å². The number of benzene rings is 1. The number of aliphatic carboxylic acids is 1. The van der Waals surface area contributed by atoms with Crippen molar-refractivity contribution in [2.45, 2.75) is 36.5 Å². The highest BCUT2D eigenvalue weighted by atomic mass is 32.2. The van der Waals surface area contributed by atoms with E-state index in [0.717, 1.165) is 0 Å². The van der Waals surface area contributed by atoms with E-state index in [1.807, 2.05) is 0 Å². The van der Waals surface area contributed by atoms with Gasteiger partial charge in [0.25, 0.3) is 0 Å². The smallest absolute Gasteiger partial charge is 0.320 e. The Labute approximate surface area is 117 Å². The van der Waals surface area contributed by atoms with Gasteiger partial charge in [0.1, 0.15) is 17.1 Å². The van der Waals surface area contributed by atoms with Crippen LogP contribution in [0, 0.1) is 0 Å². The van der Waals surface area contributed by atoms with Crippen LogP contribution in [0.1, 0.15) is 19.4 Å². The molecular formula is C13H17NO5S. The van der Waals surface area contributed by atoms with Crippen LogP contribution in [-0.4, -0.2) is 36.6 Å². The molecule has 1 aromatic carbocycles. The highest BCUT2D eigenvalue weighted by molar-refractivity contribution is 7.92. The summed E-state index contributed by atoms with van der Waals surface area (Å²) < 4.78 is 24.2. The van der Waals surface area contributed by atoms with Gasteiger partial charge in [-0.25, -0.2) is 8.42 Å². The normalized spacial score (nSPS) is 14.6. The predicted octanol–water partition coefficient (Wildman–Crippen LogP) is 0.392. The van der Waals surface area contributed by atoms with Gasteiger partial charge in [-0.1, -0.05) is 12.1 Å². The average molecular weight is 299 g/mol. The Bertz CT molecular complexity index is 606. The van der Waals surface area contributed by atoms with Gasteiger partial charge in [-0.3, -0.25) is 9.59 Å². The second-order valence-corrected chi connectivity index (χ2v) is 6.86. The third kappa shape index (κ3) is 3.64. The maximum Gasteiger partial charge on any atom is 0.320 e. The number of hydrogen-bond acceptors (Lipinski definition) is 5. The third-order valence-electron chi connectivity index (χ3n) is 3.06. The summed E-state index contributed by atoms with van der Waals surface area (Å²) >= 11 is 0. The van der Waals surface area contributed by atoms with Crippen LogP contribution in [0.5, 0.6) is 0 Å². The molecule has 0 amide bonds. The molecule has 7 heteroatoms. The van der Waals surface area contributed by atoms with Crippen LogP contribution >= 0.6 is 0 Å². The minimum Gasteiger partial charge on any atom is -0.480 e. The molecule has 20 heavy (non-hydrogen) atoms. The zero-order valence-electron chi connectivity index (χ0n) is 11.2. The Morgan fingerprint density at radius 1 is 1.25 bits per heavy atom. The maximum absolute atomic E-state index is 12.1. The van der Waals surface area contributed by atoms with Crippen LogP contribution in [-0.2, 0) is 25.8 Å². The summed E-state index contributed by atoms with van der Waals surface area (Å²) in [7, 11) is -3.70. The van der Waals surface area contributed by atoms with E-state index in [1.54, 1.807) is 0 Å². The number of carboxylic acid groups (broad SMARTS) is 1. The van der Waals surface area contributed by atoms with Gasteiger partial charge in [-0.2, -0.15) is 0 Å². The topological polar surface area (TPSA) is 115 Å². The van der Waals surface area contributed by atoms with Crippen molar-refractivity contribution in [2.75, 3.05) is 0 Å². The Hall–Kier alpha value is -1.73. The first-order valence-corrected chi connectivity index (χ1v) is 7.52. The molecule has 110 valence electrons. The van der Waals surface area contributed by atoms with Crippen molar-refractivity contribution in [1.82, 2.24) is 0 Å². The number of Topliss-reactive ketones (excluding diaryl/α,β-unsaturated/α-hetero) is 1. The molecule has 0 fully saturated rings. The highest BCUT2D eigenvalue weighted by Crippen LogP contribution is 2.18. The van der Waals surface area contributed by atoms with Crippen LogP contribution < -0.4 is 5.73 Å². The summed E-state index contributed by atoms with van der Waals surface area (Å²) in [5.74, 6) is -1.55. The van der Waals surface area contributed by atoms with E-state index >= 15 is 0 Å². The molecule has 0 heterocycles. The zero-order valence-corrected chi connectivity index (χ0v) is 12.1. The van der Waals surface area contributed by atoms with E-state index in [0.29, 0.717) is 5.56 Å². The van der Waals surface area contributed by atoms with E-state index < -0.39 is 32.9 Å². The molecule has 2 atom stereocenters. The van der Waals surface area contributed by atoms with Gasteiger partial charge >= 0.3 is 5.97 Å². The molecule has 1 aromatic rings. The minimum absolute atomic E-state index is 0.0350. The van der Waals surface area contributed by atoms with Crippen molar-refractivity contribution in [2.24, 2.45) is 5.73 Å². The van der Waals surface area contributed by atoms with Gasteiger partial charge in [-0.15, -0.1) is 0 Å². The predicted molar refractivity (Wildman–Crippen MR) is 73.1 cm³/mol. The number of nitrogens with two attached hydrogens (primary N) is 1. The van der Waals surface area contributed by atoms with Crippen LogP contribution in [0.15, 0.2) is 29.2 Å². The molecule has 1 rings (SSSR count). The van der Waals surface area contributed by atoms with E-state index in [2.05, 4.69) is 0 Å². The van der Waals surface area contributed by atoms with Gasteiger partial charge < -0.3 is 10.8 Å². The van der Waals surface area contributed by atoms with Crippen molar-refractivity contribution in [1.29, 1.82) is 0 Å². The Morgan fingerprint density at radius 2 is 1.75 bits per heavy atom. The van der Waals surface area contributed by atoms with Gasteiger partial charge in [0, 0.05) is 0 Å². The van der Waals surface area contributed by atoms with Gasteiger partial charge in [-0.05, 0) is 38.0 Å². The Morgan fingerprint density at radius 3 is 2.15 bits per heavy atom.